The fraction of sp³-hybridized carbons (Fsp3) is 0.714. The Morgan fingerprint density at radius 3 is 2.74 bits per heavy atom. The molecule has 0 aromatic carbocycles. The van der Waals surface area contributed by atoms with Gasteiger partial charge in [0.2, 0.25) is 0 Å². The number of amides is 1. The van der Waals surface area contributed by atoms with Crippen molar-refractivity contribution < 1.29 is 4.79 Å². The lowest BCUT2D eigenvalue weighted by Gasteiger charge is -2.23. The summed E-state index contributed by atoms with van der Waals surface area (Å²) in [7, 11) is 0. The van der Waals surface area contributed by atoms with Gasteiger partial charge in [-0.25, -0.2) is 4.98 Å². The monoisotopic (exact) mass is 262 g/mol. The molecule has 1 aliphatic heterocycles. The van der Waals surface area contributed by atoms with E-state index in [-0.39, 0.29) is 5.91 Å². The van der Waals surface area contributed by atoms with Gasteiger partial charge in [-0.05, 0) is 38.8 Å². The van der Waals surface area contributed by atoms with Crippen LogP contribution in [-0.4, -0.2) is 34.6 Å². The molecule has 2 N–H and O–H groups in total. The molecule has 1 amide bonds. The van der Waals surface area contributed by atoms with Gasteiger partial charge >= 0.3 is 0 Å². The Morgan fingerprint density at radius 2 is 2.00 bits per heavy atom. The average molecular weight is 262 g/mol. The van der Waals surface area contributed by atoms with Gasteiger partial charge < -0.3 is 15.2 Å². The zero-order valence-corrected chi connectivity index (χ0v) is 11.3. The normalized spacial score (nSPS) is 21.7. The number of hydrogen-bond donors (Lipinski definition) is 2. The smallest absolute Gasteiger partial charge is 0.271 e. The van der Waals surface area contributed by atoms with Gasteiger partial charge in [-0.15, -0.1) is 0 Å². The Labute approximate surface area is 113 Å². The van der Waals surface area contributed by atoms with Gasteiger partial charge in [0.1, 0.15) is 5.69 Å². The van der Waals surface area contributed by atoms with Crippen molar-refractivity contribution in [2.45, 2.75) is 50.6 Å². The van der Waals surface area contributed by atoms with Gasteiger partial charge in [0.25, 0.3) is 5.91 Å². The second kappa shape index (κ2) is 5.74. The third-order valence-corrected chi connectivity index (χ3v) is 4.25. The largest absolute Gasteiger partial charge is 0.348 e. The molecule has 0 atom stereocenters. The lowest BCUT2D eigenvalue weighted by Crippen LogP contribution is -2.32. The van der Waals surface area contributed by atoms with E-state index in [2.05, 4.69) is 20.2 Å². The number of hydrogen-bond acceptors (Lipinski definition) is 3. The minimum Gasteiger partial charge on any atom is -0.348 e. The van der Waals surface area contributed by atoms with Gasteiger partial charge in [0.15, 0.2) is 0 Å². The molecule has 1 aromatic rings. The van der Waals surface area contributed by atoms with E-state index in [9.17, 15) is 4.79 Å². The fourth-order valence-corrected chi connectivity index (χ4v) is 3.09. The Kier molecular flexibility index (Phi) is 3.82. The number of piperidine rings is 1. The van der Waals surface area contributed by atoms with Crippen molar-refractivity contribution in [3.8, 4) is 0 Å². The van der Waals surface area contributed by atoms with Crippen LogP contribution >= 0.6 is 0 Å². The first-order valence-corrected chi connectivity index (χ1v) is 7.38. The van der Waals surface area contributed by atoms with Gasteiger partial charge in [0, 0.05) is 18.3 Å². The van der Waals surface area contributed by atoms with Crippen LogP contribution in [0.15, 0.2) is 12.5 Å². The number of carbonyl (C=O) groups excluding carboxylic acids is 1. The molecule has 1 aliphatic carbocycles. The summed E-state index contributed by atoms with van der Waals surface area (Å²) >= 11 is 0. The van der Waals surface area contributed by atoms with Crippen molar-refractivity contribution in [1.29, 1.82) is 0 Å². The van der Waals surface area contributed by atoms with Crippen LogP contribution in [0.1, 0.15) is 55.1 Å². The molecule has 0 bridgehead atoms. The average Bonchev–Trinajstić information content (AvgIpc) is 3.10. The van der Waals surface area contributed by atoms with Gasteiger partial charge in [-0.1, -0.05) is 12.8 Å². The van der Waals surface area contributed by atoms with E-state index in [1.54, 1.807) is 6.33 Å². The van der Waals surface area contributed by atoms with Crippen molar-refractivity contribution in [2.24, 2.45) is 0 Å². The molecular weight excluding hydrogens is 240 g/mol. The molecule has 0 spiro atoms. The molecule has 3 rings (SSSR count). The summed E-state index contributed by atoms with van der Waals surface area (Å²) in [5, 5.41) is 6.43. The van der Waals surface area contributed by atoms with E-state index in [1.807, 2.05) is 6.20 Å². The summed E-state index contributed by atoms with van der Waals surface area (Å²) in [6.45, 7) is 2.10. The van der Waals surface area contributed by atoms with E-state index in [1.165, 1.54) is 12.8 Å². The number of imidazole rings is 1. The lowest BCUT2D eigenvalue weighted by molar-refractivity contribution is 0.0933. The molecule has 2 aliphatic rings. The fourth-order valence-electron chi connectivity index (χ4n) is 3.09. The predicted octanol–water partition coefficient (Wildman–Crippen LogP) is 1.48. The van der Waals surface area contributed by atoms with Gasteiger partial charge in [-0.2, -0.15) is 0 Å². The summed E-state index contributed by atoms with van der Waals surface area (Å²) in [6, 6.07) is 0.846. The molecule has 5 heteroatoms. The molecule has 1 saturated heterocycles. The Balaban J connectivity index is 1.61. The molecule has 19 heavy (non-hydrogen) atoms. The second-order valence-electron chi connectivity index (χ2n) is 5.64. The molecular formula is C14H22N4O. The van der Waals surface area contributed by atoms with Crippen molar-refractivity contribution in [2.75, 3.05) is 13.1 Å². The highest BCUT2D eigenvalue weighted by atomic mass is 16.2. The van der Waals surface area contributed by atoms with Crippen molar-refractivity contribution in [3.63, 3.8) is 0 Å². The maximum absolute atomic E-state index is 12.1. The van der Waals surface area contributed by atoms with Crippen LogP contribution in [0.2, 0.25) is 0 Å². The third kappa shape index (κ3) is 2.97. The first-order chi connectivity index (χ1) is 9.33. The second-order valence-corrected chi connectivity index (χ2v) is 5.64. The van der Waals surface area contributed by atoms with E-state index in [0.29, 0.717) is 17.8 Å². The minimum absolute atomic E-state index is 0.0143. The number of nitrogens with one attached hydrogen (secondary N) is 2. The number of carbonyl (C=O) groups is 1. The zero-order chi connectivity index (χ0) is 13.1. The molecule has 0 unspecified atom stereocenters. The molecule has 5 nitrogen and oxygen atoms in total. The summed E-state index contributed by atoms with van der Waals surface area (Å²) in [6.07, 6.45) is 10.6. The number of nitrogens with zero attached hydrogens (tertiary/aromatic N) is 2. The summed E-state index contributed by atoms with van der Waals surface area (Å²) in [5.74, 6) is -0.0143. The SMILES string of the molecule is O=C(NC1CCCC1)c1cn(C2CCNCC2)cn1. The zero-order valence-electron chi connectivity index (χ0n) is 11.3. The van der Waals surface area contributed by atoms with Crippen LogP contribution in [0.3, 0.4) is 0 Å². The summed E-state index contributed by atoms with van der Waals surface area (Å²) in [4.78, 5) is 16.4. The molecule has 2 fully saturated rings. The van der Waals surface area contributed by atoms with Crippen LogP contribution in [-0.2, 0) is 0 Å². The van der Waals surface area contributed by atoms with Crippen LogP contribution < -0.4 is 10.6 Å². The quantitative estimate of drug-likeness (QED) is 0.867. The first-order valence-electron chi connectivity index (χ1n) is 7.38. The predicted molar refractivity (Wildman–Crippen MR) is 73.1 cm³/mol. The Morgan fingerprint density at radius 1 is 1.26 bits per heavy atom. The lowest BCUT2D eigenvalue weighted by atomic mass is 10.1. The minimum atomic E-state index is -0.0143. The molecule has 1 aromatic heterocycles. The van der Waals surface area contributed by atoms with Crippen molar-refractivity contribution >= 4 is 5.91 Å². The molecule has 104 valence electrons. The van der Waals surface area contributed by atoms with Crippen LogP contribution in [0.4, 0.5) is 0 Å². The maximum Gasteiger partial charge on any atom is 0.271 e. The maximum atomic E-state index is 12.1. The van der Waals surface area contributed by atoms with Crippen molar-refractivity contribution in [3.05, 3.63) is 18.2 Å². The van der Waals surface area contributed by atoms with Gasteiger partial charge in [0.05, 0.1) is 6.33 Å². The first kappa shape index (κ1) is 12.7. The Bertz CT molecular complexity index is 430. The highest BCUT2D eigenvalue weighted by molar-refractivity contribution is 5.92. The van der Waals surface area contributed by atoms with E-state index < -0.39 is 0 Å². The molecule has 2 heterocycles. The van der Waals surface area contributed by atoms with Crippen LogP contribution in [0.5, 0.6) is 0 Å². The van der Waals surface area contributed by atoms with Crippen LogP contribution in [0, 0.1) is 0 Å². The number of rotatable bonds is 3. The highest BCUT2D eigenvalue weighted by Crippen LogP contribution is 2.20. The molecule has 0 radical (unpaired) electrons. The highest BCUT2D eigenvalue weighted by Gasteiger charge is 2.21. The van der Waals surface area contributed by atoms with E-state index >= 15 is 0 Å². The third-order valence-electron chi connectivity index (χ3n) is 4.25. The Hall–Kier alpha value is -1.36. The topological polar surface area (TPSA) is 59.0 Å². The van der Waals surface area contributed by atoms with Crippen molar-refractivity contribution in [1.82, 2.24) is 20.2 Å². The van der Waals surface area contributed by atoms with Crippen LogP contribution in [0.25, 0.3) is 0 Å². The summed E-state index contributed by atoms with van der Waals surface area (Å²) < 4.78 is 2.10. The summed E-state index contributed by atoms with van der Waals surface area (Å²) in [5.41, 5.74) is 0.561. The standard InChI is InChI=1S/C14H22N4O/c19-14(17-11-3-1-2-4-11)13-9-18(10-16-13)12-5-7-15-8-6-12/h9-12,15H,1-8H2,(H,17,19). The van der Waals surface area contributed by atoms with E-state index in [4.69, 9.17) is 0 Å². The van der Waals surface area contributed by atoms with Gasteiger partial charge in [-0.3, -0.25) is 4.79 Å². The van der Waals surface area contributed by atoms with E-state index in [0.717, 1.165) is 38.8 Å². The number of aromatic nitrogens is 2. The molecule has 1 saturated carbocycles.